The van der Waals surface area contributed by atoms with Crippen LogP contribution in [-0.2, 0) is 12.8 Å². The zero-order chi connectivity index (χ0) is 19.4. The van der Waals surface area contributed by atoms with Gasteiger partial charge in [0.15, 0.2) is 17.3 Å². The predicted octanol–water partition coefficient (Wildman–Crippen LogP) is 3.72. The van der Waals surface area contributed by atoms with Crippen LogP contribution in [0.15, 0.2) is 65.6 Å². The summed E-state index contributed by atoms with van der Waals surface area (Å²) in [5, 5.41) is 3.24. The van der Waals surface area contributed by atoms with Crippen molar-refractivity contribution in [1.29, 1.82) is 0 Å². The van der Waals surface area contributed by atoms with Crippen LogP contribution in [0, 0.1) is 0 Å². The summed E-state index contributed by atoms with van der Waals surface area (Å²) in [6.45, 7) is 0.266. The van der Waals surface area contributed by atoms with Crippen LogP contribution in [0.1, 0.15) is 11.3 Å². The van der Waals surface area contributed by atoms with Gasteiger partial charge in [0.05, 0.1) is 5.56 Å². The van der Waals surface area contributed by atoms with E-state index in [0.717, 1.165) is 52.3 Å². The van der Waals surface area contributed by atoms with Crippen LogP contribution in [0.5, 0.6) is 11.5 Å². The first-order valence-corrected chi connectivity index (χ1v) is 9.56. The maximum atomic E-state index is 13.1. The fourth-order valence-electron chi connectivity index (χ4n) is 4.15. The minimum absolute atomic E-state index is 0.0597. The summed E-state index contributed by atoms with van der Waals surface area (Å²) in [6.07, 6.45) is 3.36. The summed E-state index contributed by atoms with van der Waals surface area (Å²) in [5.41, 5.74) is 5.99. The molecule has 4 aromatic rings. The zero-order valence-electron chi connectivity index (χ0n) is 15.5. The summed E-state index contributed by atoms with van der Waals surface area (Å²) in [5.74, 6) is 2.15. The number of rotatable bonds is 2. The smallest absolute Gasteiger partial charge is 0.280 e. The van der Waals surface area contributed by atoms with Crippen LogP contribution in [0.25, 0.3) is 28.1 Å². The van der Waals surface area contributed by atoms with Gasteiger partial charge in [0.2, 0.25) is 6.79 Å². The molecule has 0 saturated carbocycles. The van der Waals surface area contributed by atoms with Crippen molar-refractivity contribution >= 4 is 0 Å². The fourth-order valence-corrected chi connectivity index (χ4v) is 4.15. The highest BCUT2D eigenvalue weighted by atomic mass is 16.7. The molecular formula is C23H17N3O3. The highest BCUT2D eigenvalue weighted by molar-refractivity contribution is 5.77. The Morgan fingerprint density at radius 1 is 0.931 bits per heavy atom. The standard InChI is InChI=1S/C23H17N3O3/c27-23-22-17-7-4-14(15-6-9-19-20(12-15)29-13-28-19)11-16(17)5-8-18(22)25-26(23)21-3-1-2-10-24-21/h1-4,6-7,9-12,25H,5,8,13H2. The summed E-state index contributed by atoms with van der Waals surface area (Å²) in [6, 6.07) is 17.8. The first kappa shape index (κ1) is 16.2. The molecule has 29 heavy (non-hydrogen) atoms. The van der Waals surface area contributed by atoms with Crippen LogP contribution in [-0.4, -0.2) is 21.6 Å². The summed E-state index contributed by atoms with van der Waals surface area (Å²) in [7, 11) is 0. The van der Waals surface area contributed by atoms with Crippen molar-refractivity contribution in [3.63, 3.8) is 0 Å². The molecule has 6 heteroatoms. The highest BCUT2D eigenvalue weighted by Crippen LogP contribution is 2.38. The van der Waals surface area contributed by atoms with Gasteiger partial charge in [-0.15, -0.1) is 0 Å². The molecule has 0 radical (unpaired) electrons. The van der Waals surface area contributed by atoms with Gasteiger partial charge in [-0.05, 0) is 59.4 Å². The average molecular weight is 383 g/mol. The molecule has 0 fully saturated rings. The highest BCUT2D eigenvalue weighted by Gasteiger charge is 2.24. The lowest BCUT2D eigenvalue weighted by Gasteiger charge is -2.16. The normalized spacial score (nSPS) is 13.8. The second-order valence-corrected chi connectivity index (χ2v) is 7.23. The Hall–Kier alpha value is -3.80. The number of aromatic nitrogens is 3. The van der Waals surface area contributed by atoms with Crippen molar-refractivity contribution in [3.8, 4) is 39.6 Å². The third kappa shape index (κ3) is 2.49. The van der Waals surface area contributed by atoms with E-state index in [1.54, 1.807) is 6.20 Å². The molecule has 0 atom stereocenters. The lowest BCUT2D eigenvalue weighted by molar-refractivity contribution is 0.174. The topological polar surface area (TPSA) is 69.1 Å². The largest absolute Gasteiger partial charge is 0.454 e. The van der Waals surface area contributed by atoms with E-state index in [1.165, 1.54) is 10.2 Å². The van der Waals surface area contributed by atoms with Gasteiger partial charge in [0.1, 0.15) is 0 Å². The molecule has 0 bridgehead atoms. The van der Waals surface area contributed by atoms with Gasteiger partial charge < -0.3 is 9.47 Å². The lowest BCUT2D eigenvalue weighted by atomic mass is 9.87. The Labute approximate surface area is 166 Å². The van der Waals surface area contributed by atoms with E-state index in [-0.39, 0.29) is 12.4 Å². The van der Waals surface area contributed by atoms with Crippen LogP contribution in [0.2, 0.25) is 0 Å². The second kappa shape index (κ2) is 6.10. The van der Waals surface area contributed by atoms with Crippen molar-refractivity contribution in [2.45, 2.75) is 12.8 Å². The minimum atomic E-state index is -0.0597. The number of pyridine rings is 1. The Bertz CT molecular complexity index is 1300. The molecule has 3 heterocycles. The molecule has 1 aliphatic heterocycles. The molecule has 2 aliphatic rings. The van der Waals surface area contributed by atoms with E-state index in [2.05, 4.69) is 22.2 Å². The molecule has 6 nitrogen and oxygen atoms in total. The van der Waals surface area contributed by atoms with E-state index >= 15 is 0 Å². The molecule has 0 amide bonds. The molecular weight excluding hydrogens is 366 g/mol. The first-order chi connectivity index (χ1) is 14.3. The molecule has 1 aliphatic carbocycles. The number of fused-ring (bicyclic) bond motifs is 4. The van der Waals surface area contributed by atoms with Crippen LogP contribution < -0.4 is 15.0 Å². The van der Waals surface area contributed by atoms with E-state index in [4.69, 9.17) is 9.47 Å². The molecule has 1 N–H and O–H groups in total. The van der Waals surface area contributed by atoms with Crippen molar-refractivity contribution in [3.05, 3.63) is 82.4 Å². The Morgan fingerprint density at radius 3 is 2.69 bits per heavy atom. The van der Waals surface area contributed by atoms with E-state index in [1.807, 2.05) is 42.5 Å². The fraction of sp³-hybridized carbons (Fsp3) is 0.130. The maximum absolute atomic E-state index is 13.1. The van der Waals surface area contributed by atoms with Gasteiger partial charge in [-0.1, -0.05) is 30.3 Å². The van der Waals surface area contributed by atoms with Gasteiger partial charge in [-0.25, -0.2) is 9.67 Å². The van der Waals surface area contributed by atoms with Crippen molar-refractivity contribution < 1.29 is 9.47 Å². The molecule has 6 rings (SSSR count). The molecule has 0 spiro atoms. The Kier molecular flexibility index (Phi) is 3.41. The van der Waals surface area contributed by atoms with Gasteiger partial charge >= 0.3 is 0 Å². The second-order valence-electron chi connectivity index (χ2n) is 7.23. The van der Waals surface area contributed by atoms with Crippen molar-refractivity contribution in [2.75, 3.05) is 6.79 Å². The quantitative estimate of drug-likeness (QED) is 0.573. The minimum Gasteiger partial charge on any atom is -0.454 e. The number of hydrogen-bond donors (Lipinski definition) is 1. The summed E-state index contributed by atoms with van der Waals surface area (Å²) >= 11 is 0. The van der Waals surface area contributed by atoms with Gasteiger partial charge in [0.25, 0.3) is 5.56 Å². The number of nitrogens with zero attached hydrogens (tertiary/aromatic N) is 2. The third-order valence-electron chi connectivity index (χ3n) is 5.57. The van der Waals surface area contributed by atoms with E-state index in [9.17, 15) is 4.79 Å². The van der Waals surface area contributed by atoms with E-state index in [0.29, 0.717) is 5.82 Å². The number of aromatic amines is 1. The SMILES string of the molecule is O=c1c2c([nH]n1-c1ccccn1)CCc1cc(-c3ccc4c(c3)OCO4)ccc1-2. The third-order valence-corrected chi connectivity index (χ3v) is 5.57. The number of ether oxygens (including phenoxy) is 2. The molecule has 0 unspecified atom stereocenters. The van der Waals surface area contributed by atoms with Gasteiger partial charge in [-0.2, -0.15) is 0 Å². The average Bonchev–Trinajstić information content (AvgIpc) is 3.38. The maximum Gasteiger partial charge on any atom is 0.280 e. The van der Waals surface area contributed by atoms with Crippen molar-refractivity contribution in [2.24, 2.45) is 0 Å². The molecule has 2 aromatic heterocycles. The van der Waals surface area contributed by atoms with Crippen LogP contribution >= 0.6 is 0 Å². The number of hydrogen-bond acceptors (Lipinski definition) is 4. The molecule has 2 aromatic carbocycles. The van der Waals surface area contributed by atoms with Gasteiger partial charge in [-0.3, -0.25) is 9.89 Å². The number of aryl methyl sites for hydroxylation is 2. The Balaban J connectivity index is 1.44. The molecule has 0 saturated heterocycles. The van der Waals surface area contributed by atoms with Crippen molar-refractivity contribution in [1.82, 2.24) is 14.8 Å². The lowest BCUT2D eigenvalue weighted by Crippen LogP contribution is -2.17. The predicted molar refractivity (Wildman–Crippen MR) is 109 cm³/mol. The van der Waals surface area contributed by atoms with E-state index < -0.39 is 0 Å². The summed E-state index contributed by atoms with van der Waals surface area (Å²) < 4.78 is 12.4. The summed E-state index contributed by atoms with van der Waals surface area (Å²) in [4.78, 5) is 17.4. The number of nitrogens with one attached hydrogen (secondary N) is 1. The first-order valence-electron chi connectivity index (χ1n) is 9.56. The monoisotopic (exact) mass is 383 g/mol. The van der Waals surface area contributed by atoms with Gasteiger partial charge in [0, 0.05) is 11.9 Å². The number of benzene rings is 2. The van der Waals surface area contributed by atoms with Crippen LogP contribution in [0.4, 0.5) is 0 Å². The Morgan fingerprint density at radius 2 is 1.79 bits per heavy atom. The van der Waals surface area contributed by atoms with Crippen LogP contribution in [0.3, 0.4) is 0 Å². The number of H-pyrrole nitrogens is 1. The molecule has 142 valence electrons. The zero-order valence-corrected chi connectivity index (χ0v) is 15.5.